The van der Waals surface area contributed by atoms with E-state index in [-0.39, 0.29) is 0 Å². The van der Waals surface area contributed by atoms with Crippen LogP contribution in [0.25, 0.3) is 0 Å². The number of imide groups is 1. The summed E-state index contributed by atoms with van der Waals surface area (Å²) in [6, 6.07) is -1.05. The minimum atomic E-state index is -4.65. The highest BCUT2D eigenvalue weighted by Crippen LogP contribution is 2.16. The molecule has 1 unspecified atom stereocenters. The van der Waals surface area contributed by atoms with Crippen molar-refractivity contribution in [2.24, 2.45) is 0 Å². The number of alkyl halides is 3. The lowest BCUT2D eigenvalue weighted by Gasteiger charge is -2.30. The van der Waals surface area contributed by atoms with Gasteiger partial charge in [0.25, 0.3) is 0 Å². The Morgan fingerprint density at radius 2 is 2.12 bits per heavy atom. The standard InChI is InChI=1S/C8H9F3N2O4/c1-4-6(15)12-5(14)2-13(4)7(16)17-3-8(9,10)11/h4H,2-3H2,1H3,(H,12,14,15). The second-order valence-electron chi connectivity index (χ2n) is 3.39. The predicted octanol–water partition coefficient (Wildman–Crippen LogP) is 0.0322. The number of halogens is 3. The molecule has 0 saturated carbocycles. The Morgan fingerprint density at radius 3 is 2.65 bits per heavy atom. The molecule has 0 radical (unpaired) electrons. The van der Waals surface area contributed by atoms with E-state index >= 15 is 0 Å². The van der Waals surface area contributed by atoms with Crippen molar-refractivity contribution < 1.29 is 32.3 Å². The number of hydrogen-bond donors (Lipinski definition) is 1. The Balaban J connectivity index is 2.61. The highest BCUT2D eigenvalue weighted by atomic mass is 19.4. The molecule has 0 aromatic rings. The number of ether oxygens (including phenoxy) is 1. The number of carbonyl (C=O) groups excluding carboxylic acids is 3. The molecule has 0 aliphatic carbocycles. The minimum absolute atomic E-state index is 0.510. The van der Waals surface area contributed by atoms with E-state index in [0.717, 1.165) is 0 Å². The Morgan fingerprint density at radius 1 is 1.53 bits per heavy atom. The summed E-state index contributed by atoms with van der Waals surface area (Å²) in [6.45, 7) is -0.995. The van der Waals surface area contributed by atoms with Gasteiger partial charge in [0.15, 0.2) is 6.61 Å². The van der Waals surface area contributed by atoms with Gasteiger partial charge in [0.05, 0.1) is 0 Å². The van der Waals surface area contributed by atoms with Crippen molar-refractivity contribution in [3.05, 3.63) is 0 Å². The van der Waals surface area contributed by atoms with E-state index in [9.17, 15) is 27.6 Å². The number of nitrogens with one attached hydrogen (secondary N) is 1. The Kier molecular flexibility index (Phi) is 3.59. The summed E-state index contributed by atoms with van der Waals surface area (Å²) in [6.07, 6.45) is -6.00. The summed E-state index contributed by atoms with van der Waals surface area (Å²) >= 11 is 0. The average molecular weight is 254 g/mol. The summed E-state index contributed by atoms with van der Waals surface area (Å²) in [7, 11) is 0. The van der Waals surface area contributed by atoms with Crippen LogP contribution in [0.4, 0.5) is 18.0 Å². The fourth-order valence-corrected chi connectivity index (χ4v) is 1.16. The lowest BCUT2D eigenvalue weighted by Crippen LogP contribution is -2.58. The molecular weight excluding hydrogens is 245 g/mol. The first kappa shape index (κ1) is 13.3. The zero-order chi connectivity index (χ0) is 13.2. The lowest BCUT2D eigenvalue weighted by molar-refractivity contribution is -0.163. The van der Waals surface area contributed by atoms with E-state index in [1.165, 1.54) is 6.92 Å². The normalized spacial score (nSPS) is 21.2. The molecule has 0 aromatic carbocycles. The molecule has 0 bridgehead atoms. The van der Waals surface area contributed by atoms with Gasteiger partial charge in [0, 0.05) is 0 Å². The number of carbonyl (C=O) groups is 3. The van der Waals surface area contributed by atoms with Crippen molar-refractivity contribution in [3.8, 4) is 0 Å². The van der Waals surface area contributed by atoms with Crippen LogP contribution < -0.4 is 5.32 Å². The predicted molar refractivity (Wildman–Crippen MR) is 46.7 cm³/mol. The van der Waals surface area contributed by atoms with Gasteiger partial charge in [-0.25, -0.2) is 4.79 Å². The van der Waals surface area contributed by atoms with Gasteiger partial charge < -0.3 is 4.74 Å². The molecule has 1 atom stereocenters. The first-order chi connectivity index (χ1) is 7.70. The number of piperazine rings is 1. The summed E-state index contributed by atoms with van der Waals surface area (Å²) in [5.41, 5.74) is 0. The third-order valence-electron chi connectivity index (χ3n) is 2.02. The van der Waals surface area contributed by atoms with Crippen LogP contribution in [0, 0.1) is 0 Å². The maximum atomic E-state index is 11.8. The largest absolute Gasteiger partial charge is 0.440 e. The molecule has 9 heteroatoms. The van der Waals surface area contributed by atoms with E-state index in [1.54, 1.807) is 0 Å². The van der Waals surface area contributed by atoms with Crippen molar-refractivity contribution in [1.82, 2.24) is 10.2 Å². The molecule has 1 rings (SSSR count). The zero-order valence-electron chi connectivity index (χ0n) is 8.71. The van der Waals surface area contributed by atoms with Crippen molar-refractivity contribution >= 4 is 17.9 Å². The molecule has 0 aromatic heterocycles. The second kappa shape index (κ2) is 4.60. The van der Waals surface area contributed by atoms with Gasteiger partial charge in [0.2, 0.25) is 11.8 Å². The topological polar surface area (TPSA) is 75.7 Å². The third-order valence-corrected chi connectivity index (χ3v) is 2.02. The molecule has 0 spiro atoms. The van der Waals surface area contributed by atoms with Crippen LogP contribution in [0.3, 0.4) is 0 Å². The van der Waals surface area contributed by atoms with Crippen molar-refractivity contribution in [1.29, 1.82) is 0 Å². The lowest BCUT2D eigenvalue weighted by atomic mass is 10.2. The summed E-state index contributed by atoms with van der Waals surface area (Å²) in [5.74, 6) is -1.53. The molecule has 96 valence electrons. The van der Waals surface area contributed by atoms with E-state index in [0.29, 0.717) is 4.90 Å². The Hall–Kier alpha value is -1.80. The number of hydrogen-bond acceptors (Lipinski definition) is 4. The van der Waals surface area contributed by atoms with Gasteiger partial charge in [-0.1, -0.05) is 0 Å². The Bertz CT molecular complexity index is 355. The van der Waals surface area contributed by atoms with Gasteiger partial charge in [-0.05, 0) is 6.92 Å². The Labute approximate surface area is 93.7 Å². The van der Waals surface area contributed by atoms with Crippen molar-refractivity contribution in [2.75, 3.05) is 13.2 Å². The van der Waals surface area contributed by atoms with Gasteiger partial charge in [0.1, 0.15) is 12.6 Å². The average Bonchev–Trinajstić information content (AvgIpc) is 2.19. The van der Waals surface area contributed by atoms with Crippen LogP contribution in [0.1, 0.15) is 6.92 Å². The molecule has 1 N–H and O–H groups in total. The maximum Gasteiger partial charge on any atom is 0.422 e. The van der Waals surface area contributed by atoms with Gasteiger partial charge >= 0.3 is 12.3 Å². The van der Waals surface area contributed by atoms with Crippen LogP contribution in [0.15, 0.2) is 0 Å². The van der Waals surface area contributed by atoms with E-state index in [4.69, 9.17) is 0 Å². The van der Waals surface area contributed by atoms with E-state index < -0.39 is 43.3 Å². The molecule has 1 aliphatic heterocycles. The van der Waals surface area contributed by atoms with Crippen molar-refractivity contribution in [3.63, 3.8) is 0 Å². The molecule has 3 amide bonds. The fraction of sp³-hybridized carbons (Fsp3) is 0.625. The van der Waals surface area contributed by atoms with Crippen LogP contribution in [-0.4, -0.2) is 48.2 Å². The van der Waals surface area contributed by atoms with Gasteiger partial charge in [-0.15, -0.1) is 0 Å². The first-order valence-corrected chi connectivity index (χ1v) is 4.54. The quantitative estimate of drug-likeness (QED) is 0.670. The van der Waals surface area contributed by atoms with Gasteiger partial charge in [-0.3, -0.25) is 19.8 Å². The van der Waals surface area contributed by atoms with Crippen LogP contribution in [-0.2, 0) is 14.3 Å². The molecule has 17 heavy (non-hydrogen) atoms. The molecule has 1 saturated heterocycles. The minimum Gasteiger partial charge on any atom is -0.440 e. The van der Waals surface area contributed by atoms with Crippen LogP contribution >= 0.6 is 0 Å². The van der Waals surface area contributed by atoms with Crippen LogP contribution in [0.5, 0.6) is 0 Å². The molecule has 6 nitrogen and oxygen atoms in total. The highest BCUT2D eigenvalue weighted by molar-refractivity contribution is 6.03. The smallest absolute Gasteiger partial charge is 0.422 e. The fourth-order valence-electron chi connectivity index (χ4n) is 1.16. The zero-order valence-corrected chi connectivity index (χ0v) is 8.71. The molecule has 1 fully saturated rings. The summed E-state index contributed by atoms with van der Waals surface area (Å²) < 4.78 is 39.3. The SMILES string of the molecule is CC1C(=O)NC(=O)CN1C(=O)OCC(F)(F)F. The van der Waals surface area contributed by atoms with Crippen LogP contribution in [0.2, 0.25) is 0 Å². The maximum absolute atomic E-state index is 11.8. The molecular formula is C8H9F3N2O4. The highest BCUT2D eigenvalue weighted by Gasteiger charge is 2.37. The number of nitrogens with zero attached hydrogens (tertiary/aromatic N) is 1. The summed E-state index contributed by atoms with van der Waals surface area (Å²) in [5, 5.41) is 1.94. The van der Waals surface area contributed by atoms with Crippen molar-refractivity contribution in [2.45, 2.75) is 19.1 Å². The monoisotopic (exact) mass is 254 g/mol. The third kappa shape index (κ3) is 3.61. The second-order valence-corrected chi connectivity index (χ2v) is 3.39. The number of amides is 3. The van der Waals surface area contributed by atoms with E-state index in [2.05, 4.69) is 4.74 Å². The number of rotatable bonds is 1. The summed E-state index contributed by atoms with van der Waals surface area (Å²) in [4.78, 5) is 33.9. The molecule has 1 aliphatic rings. The molecule has 1 heterocycles. The van der Waals surface area contributed by atoms with Gasteiger partial charge in [-0.2, -0.15) is 13.2 Å². The van der Waals surface area contributed by atoms with E-state index in [1.807, 2.05) is 5.32 Å². The first-order valence-electron chi connectivity index (χ1n) is 4.54.